The first kappa shape index (κ1) is 28.0. The fraction of sp³-hybridized carbons (Fsp3) is 1.00. The SMILES string of the molecule is CC(C)OCCN1CCC(C(C)(O)C[C@@H](C)OCCCN2CCC(C(C)(C)O)CC2)CC1. The molecule has 0 aromatic rings. The monoisotopic (exact) mass is 456 g/mol. The normalized spacial score (nSPS) is 23.5. The van der Waals surface area contributed by atoms with Crippen molar-refractivity contribution < 1.29 is 19.7 Å². The highest BCUT2D eigenvalue weighted by Crippen LogP contribution is 2.32. The second kappa shape index (κ2) is 13.0. The third-order valence-corrected chi connectivity index (χ3v) is 7.63. The number of piperidine rings is 2. The molecule has 2 heterocycles. The summed E-state index contributed by atoms with van der Waals surface area (Å²) in [5.74, 6) is 0.755. The zero-order valence-electron chi connectivity index (χ0n) is 21.8. The minimum Gasteiger partial charge on any atom is -0.390 e. The first-order valence-corrected chi connectivity index (χ1v) is 13.1. The summed E-state index contributed by atoms with van der Waals surface area (Å²) < 4.78 is 11.8. The minimum atomic E-state index is -0.668. The van der Waals surface area contributed by atoms with Crippen LogP contribution < -0.4 is 0 Å². The van der Waals surface area contributed by atoms with Crippen LogP contribution in [-0.4, -0.2) is 95.9 Å². The van der Waals surface area contributed by atoms with Crippen molar-refractivity contribution in [2.75, 3.05) is 52.5 Å². The number of likely N-dealkylation sites (tertiary alicyclic amines) is 2. The van der Waals surface area contributed by atoms with Crippen LogP contribution in [0.25, 0.3) is 0 Å². The van der Waals surface area contributed by atoms with E-state index in [0.29, 0.717) is 24.4 Å². The average Bonchev–Trinajstić information content (AvgIpc) is 2.71. The lowest BCUT2D eigenvalue weighted by atomic mass is 9.78. The fourth-order valence-electron chi connectivity index (χ4n) is 5.44. The van der Waals surface area contributed by atoms with E-state index in [9.17, 15) is 10.2 Å². The molecule has 2 rings (SSSR count). The number of hydrogen-bond donors (Lipinski definition) is 2. The van der Waals surface area contributed by atoms with E-state index in [1.165, 1.54) is 0 Å². The Bertz CT molecular complexity index is 504. The molecule has 2 N–H and O–H groups in total. The summed E-state index contributed by atoms with van der Waals surface area (Å²) in [4.78, 5) is 4.95. The molecule has 32 heavy (non-hydrogen) atoms. The Balaban J connectivity index is 1.58. The molecule has 6 nitrogen and oxygen atoms in total. The Morgan fingerprint density at radius 2 is 1.31 bits per heavy atom. The topological polar surface area (TPSA) is 65.4 Å². The second-order valence-corrected chi connectivity index (χ2v) is 11.4. The van der Waals surface area contributed by atoms with E-state index >= 15 is 0 Å². The average molecular weight is 457 g/mol. The molecule has 6 heteroatoms. The van der Waals surface area contributed by atoms with Crippen LogP contribution in [0.15, 0.2) is 0 Å². The van der Waals surface area contributed by atoms with Crippen molar-refractivity contribution in [1.29, 1.82) is 0 Å². The van der Waals surface area contributed by atoms with E-state index in [1.807, 2.05) is 20.8 Å². The van der Waals surface area contributed by atoms with E-state index < -0.39 is 11.2 Å². The molecule has 2 fully saturated rings. The molecule has 0 bridgehead atoms. The number of rotatable bonds is 13. The third-order valence-electron chi connectivity index (χ3n) is 7.63. The van der Waals surface area contributed by atoms with Crippen molar-refractivity contribution in [3.8, 4) is 0 Å². The van der Waals surface area contributed by atoms with Gasteiger partial charge in [0.25, 0.3) is 0 Å². The van der Waals surface area contributed by atoms with Gasteiger partial charge in [0.2, 0.25) is 0 Å². The van der Waals surface area contributed by atoms with Gasteiger partial charge in [0, 0.05) is 26.1 Å². The predicted octanol–water partition coefficient (Wildman–Crippen LogP) is 3.54. The standard InChI is InChI=1S/C26H52N2O4/c1-21(2)31-19-17-28-15-10-24(11-16-28)26(6,30)20-22(3)32-18-7-12-27-13-8-23(9-14-27)25(4,5)29/h21-24,29-30H,7-20H2,1-6H3/t22-,26?/m1/s1. The molecule has 0 aromatic carbocycles. The Labute approximate surface area is 197 Å². The number of hydrogen-bond acceptors (Lipinski definition) is 6. The molecule has 1 unspecified atom stereocenters. The predicted molar refractivity (Wildman–Crippen MR) is 131 cm³/mol. The van der Waals surface area contributed by atoms with Gasteiger partial charge in [-0.05, 0) is 112 Å². The van der Waals surface area contributed by atoms with Gasteiger partial charge < -0.3 is 29.5 Å². The first-order chi connectivity index (χ1) is 15.0. The first-order valence-electron chi connectivity index (χ1n) is 13.1. The van der Waals surface area contributed by atoms with Crippen molar-refractivity contribution in [3.63, 3.8) is 0 Å². The van der Waals surface area contributed by atoms with Gasteiger partial charge in [-0.1, -0.05) is 0 Å². The highest BCUT2D eigenvalue weighted by Gasteiger charge is 2.36. The van der Waals surface area contributed by atoms with Crippen LogP contribution in [0.5, 0.6) is 0 Å². The van der Waals surface area contributed by atoms with Crippen molar-refractivity contribution in [1.82, 2.24) is 9.80 Å². The summed E-state index contributed by atoms with van der Waals surface area (Å²) >= 11 is 0. The Kier molecular flexibility index (Phi) is 11.4. The van der Waals surface area contributed by atoms with E-state index in [2.05, 4.69) is 30.6 Å². The number of nitrogens with zero attached hydrogens (tertiary/aromatic N) is 2. The van der Waals surface area contributed by atoms with E-state index in [0.717, 1.165) is 84.6 Å². The maximum Gasteiger partial charge on any atom is 0.0673 e. The summed E-state index contributed by atoms with van der Waals surface area (Å²) in [6.45, 7) is 19.9. The van der Waals surface area contributed by atoms with Crippen LogP contribution in [-0.2, 0) is 9.47 Å². The highest BCUT2D eigenvalue weighted by atomic mass is 16.5. The Hall–Kier alpha value is -0.240. The molecular formula is C26H52N2O4. The largest absolute Gasteiger partial charge is 0.390 e. The Morgan fingerprint density at radius 1 is 0.781 bits per heavy atom. The smallest absolute Gasteiger partial charge is 0.0673 e. The van der Waals surface area contributed by atoms with Crippen molar-refractivity contribution in [3.05, 3.63) is 0 Å². The zero-order valence-corrected chi connectivity index (χ0v) is 21.8. The second-order valence-electron chi connectivity index (χ2n) is 11.4. The van der Waals surface area contributed by atoms with Crippen LogP contribution in [0.2, 0.25) is 0 Å². The highest BCUT2D eigenvalue weighted by molar-refractivity contribution is 4.88. The molecule has 2 saturated heterocycles. The molecule has 0 aromatic heterocycles. The van der Waals surface area contributed by atoms with Gasteiger partial charge in [0.05, 0.1) is 30.0 Å². The molecule has 0 amide bonds. The van der Waals surface area contributed by atoms with Gasteiger partial charge in [-0.15, -0.1) is 0 Å². The van der Waals surface area contributed by atoms with Crippen molar-refractivity contribution in [2.45, 2.75) is 103 Å². The lowest BCUT2D eigenvalue weighted by Crippen LogP contribution is -2.46. The van der Waals surface area contributed by atoms with Crippen LogP contribution in [0.3, 0.4) is 0 Å². The quantitative estimate of drug-likeness (QED) is 0.413. The van der Waals surface area contributed by atoms with Gasteiger partial charge in [-0.25, -0.2) is 0 Å². The lowest BCUT2D eigenvalue weighted by Gasteiger charge is -2.40. The Morgan fingerprint density at radius 3 is 1.84 bits per heavy atom. The molecule has 0 saturated carbocycles. The molecule has 2 atom stereocenters. The van der Waals surface area contributed by atoms with Gasteiger partial charge >= 0.3 is 0 Å². The van der Waals surface area contributed by atoms with Crippen LogP contribution >= 0.6 is 0 Å². The molecule has 2 aliphatic rings. The molecular weight excluding hydrogens is 404 g/mol. The van der Waals surface area contributed by atoms with Crippen molar-refractivity contribution in [2.24, 2.45) is 11.8 Å². The molecule has 190 valence electrons. The molecule has 0 radical (unpaired) electrons. The molecule has 2 aliphatic heterocycles. The van der Waals surface area contributed by atoms with E-state index in [4.69, 9.17) is 9.47 Å². The number of ether oxygens (including phenoxy) is 2. The maximum atomic E-state index is 11.1. The fourth-order valence-corrected chi connectivity index (χ4v) is 5.44. The minimum absolute atomic E-state index is 0.0726. The van der Waals surface area contributed by atoms with Crippen LogP contribution in [0.4, 0.5) is 0 Å². The lowest BCUT2D eigenvalue weighted by molar-refractivity contribution is -0.0740. The summed E-state index contributed by atoms with van der Waals surface area (Å²) in [6.07, 6.45) is 6.33. The maximum absolute atomic E-state index is 11.1. The summed E-state index contributed by atoms with van der Waals surface area (Å²) in [7, 11) is 0. The molecule has 0 spiro atoms. The summed E-state index contributed by atoms with van der Waals surface area (Å²) in [5, 5.41) is 21.3. The van der Waals surface area contributed by atoms with E-state index in [1.54, 1.807) is 0 Å². The van der Waals surface area contributed by atoms with Gasteiger partial charge in [0.1, 0.15) is 0 Å². The van der Waals surface area contributed by atoms with Crippen LogP contribution in [0, 0.1) is 11.8 Å². The van der Waals surface area contributed by atoms with E-state index in [-0.39, 0.29) is 6.10 Å². The van der Waals surface area contributed by atoms with Gasteiger partial charge in [-0.3, -0.25) is 0 Å². The zero-order chi connectivity index (χ0) is 23.8. The van der Waals surface area contributed by atoms with Gasteiger partial charge in [0.15, 0.2) is 0 Å². The summed E-state index contributed by atoms with van der Waals surface area (Å²) in [6, 6.07) is 0. The third kappa shape index (κ3) is 9.94. The van der Waals surface area contributed by atoms with Gasteiger partial charge in [-0.2, -0.15) is 0 Å². The van der Waals surface area contributed by atoms with Crippen LogP contribution in [0.1, 0.15) is 80.1 Å². The summed E-state index contributed by atoms with van der Waals surface area (Å²) in [5.41, 5.74) is -1.22. The van der Waals surface area contributed by atoms with Crippen molar-refractivity contribution >= 4 is 0 Å². The molecule has 0 aliphatic carbocycles. The number of aliphatic hydroxyl groups is 2.